The van der Waals surface area contributed by atoms with Gasteiger partial charge in [-0.2, -0.15) is 0 Å². The molecule has 294 valence electrons. The van der Waals surface area contributed by atoms with Crippen molar-refractivity contribution < 1.29 is 21.0 Å². The molecule has 9 aromatic carbocycles. The van der Waals surface area contributed by atoms with Gasteiger partial charge in [-0.05, 0) is 0 Å². The molecule has 4 nitrogen and oxygen atoms in total. The summed E-state index contributed by atoms with van der Waals surface area (Å²) in [5.41, 5.74) is 23.9. The summed E-state index contributed by atoms with van der Waals surface area (Å²) < 4.78 is 6.93. The summed E-state index contributed by atoms with van der Waals surface area (Å²) in [4.78, 5) is 5.24. The molecule has 15 rings (SSSR count). The van der Waals surface area contributed by atoms with Gasteiger partial charge in [0.05, 0.1) is 0 Å². The van der Waals surface area contributed by atoms with Crippen molar-refractivity contribution in [3.63, 3.8) is 0 Å². The van der Waals surface area contributed by atoms with Gasteiger partial charge >= 0.3 is 378 Å². The van der Waals surface area contributed by atoms with Crippen LogP contribution in [0.15, 0.2) is 188 Å². The predicted molar refractivity (Wildman–Crippen MR) is 262 cm³/mol. The molecule has 0 spiro atoms. The van der Waals surface area contributed by atoms with Gasteiger partial charge in [0.2, 0.25) is 0 Å². The number of rotatable bonds is 2. The van der Waals surface area contributed by atoms with Crippen molar-refractivity contribution in [1.29, 1.82) is 0 Å². The monoisotopic (exact) mass is 913 g/mol. The Balaban J connectivity index is 1.11. The van der Waals surface area contributed by atoms with Gasteiger partial charge in [0.25, 0.3) is 0 Å². The van der Waals surface area contributed by atoms with Gasteiger partial charge in [0.1, 0.15) is 0 Å². The van der Waals surface area contributed by atoms with E-state index in [9.17, 15) is 0 Å². The molecule has 0 saturated heterocycles. The van der Waals surface area contributed by atoms with Crippen LogP contribution in [0.4, 0.5) is 34.1 Å². The maximum absolute atomic E-state index is 2.71. The summed E-state index contributed by atoms with van der Waals surface area (Å²) in [5, 5.41) is 5.28. The number of halogens is 1. The Kier molecular flexibility index (Phi) is 6.91. The third-order valence-corrected chi connectivity index (χ3v) is 18.0. The van der Waals surface area contributed by atoms with Gasteiger partial charge in [0.15, 0.2) is 0 Å². The first-order chi connectivity index (χ1) is 31.2. The molecular formula is C56H36B2IN4-. The molecule has 4 aliphatic heterocycles. The van der Waals surface area contributed by atoms with Crippen molar-refractivity contribution >= 4 is 111 Å². The molecule has 0 bridgehead atoms. The summed E-state index contributed by atoms with van der Waals surface area (Å²) in [6, 6.07) is 71.2. The van der Waals surface area contributed by atoms with Crippen LogP contribution < -0.4 is 52.6 Å². The normalized spacial score (nSPS) is 14.3. The van der Waals surface area contributed by atoms with Crippen LogP contribution in [-0.2, 0) is 6.32 Å². The number of hydrogen-bond acceptors (Lipinski definition) is 2. The summed E-state index contributed by atoms with van der Waals surface area (Å²) in [6.07, 6.45) is 0.923. The van der Waals surface area contributed by atoms with Crippen molar-refractivity contribution in [2.24, 2.45) is 0 Å². The van der Waals surface area contributed by atoms with Crippen molar-refractivity contribution in [2.75, 3.05) is 9.80 Å². The van der Waals surface area contributed by atoms with Gasteiger partial charge in [-0.1, -0.05) is 0 Å². The summed E-state index contributed by atoms with van der Waals surface area (Å²) in [7, 11) is 0. The van der Waals surface area contributed by atoms with E-state index in [1.54, 1.807) is 0 Å². The Labute approximate surface area is 375 Å². The van der Waals surface area contributed by atoms with Gasteiger partial charge < -0.3 is 0 Å². The quantitative estimate of drug-likeness (QED) is 0.130. The fraction of sp³-hybridized carbons (Fsp3) is 0.0357. The first-order valence-corrected chi connectivity index (χ1v) is 24.4. The Hall–Kier alpha value is -6.96. The molecule has 0 unspecified atom stereocenters. The van der Waals surface area contributed by atoms with Crippen LogP contribution >= 0.6 is 0 Å². The van der Waals surface area contributed by atoms with Crippen molar-refractivity contribution in [3.05, 3.63) is 203 Å². The van der Waals surface area contributed by atoms with E-state index in [-0.39, 0.29) is 11.3 Å². The van der Waals surface area contributed by atoms with Gasteiger partial charge in [0, 0.05) is 0 Å². The topological polar surface area (TPSA) is 16.3 Å². The third-order valence-electron chi connectivity index (χ3n) is 14.5. The van der Waals surface area contributed by atoms with E-state index < -0.39 is 21.0 Å². The average Bonchev–Trinajstić information content (AvgIpc) is 3.73. The van der Waals surface area contributed by atoms with Crippen LogP contribution in [0.5, 0.6) is 0 Å². The first kappa shape index (κ1) is 34.6. The molecule has 0 radical (unpaired) electrons. The third kappa shape index (κ3) is 4.43. The van der Waals surface area contributed by atoms with Crippen molar-refractivity contribution in [1.82, 2.24) is 9.13 Å². The molecule has 0 saturated carbocycles. The van der Waals surface area contributed by atoms with Crippen LogP contribution in [0.2, 0.25) is 0 Å². The van der Waals surface area contributed by atoms with Crippen LogP contribution in [0.25, 0.3) is 55.0 Å². The standard InChI is InChI=1S/C56H36B2IN4/c1-34-53-42(57-33-35-16-8-12-24-45(35)62-46-25-13-9-21-38(46)40-28-30-49(51(57)55(40)62)60(53)36-17-4-2-5-18-36)32-43-54(34)61(37-19-6-3-7-20-37)50-31-29-41-39-22-10-14-26-47(39)63-48-27-15-11-23-44(48)59-58(43)52(50)56(41)63/h2-32H,33H2,1H3/q-1. The second-order valence-electron chi connectivity index (χ2n) is 17.5. The van der Waals surface area contributed by atoms with Crippen molar-refractivity contribution in [2.45, 2.75) is 13.2 Å². The van der Waals surface area contributed by atoms with Gasteiger partial charge in [-0.15, -0.1) is 0 Å². The van der Waals surface area contributed by atoms with E-state index in [0.29, 0.717) is 0 Å². The van der Waals surface area contributed by atoms with Gasteiger partial charge in [-0.3, -0.25) is 0 Å². The molecule has 2 aromatic heterocycles. The van der Waals surface area contributed by atoms with E-state index in [1.807, 2.05) is 0 Å². The zero-order valence-electron chi connectivity index (χ0n) is 34.4. The van der Waals surface area contributed by atoms with E-state index in [4.69, 9.17) is 0 Å². The maximum atomic E-state index is 2.71. The number of anilines is 6. The summed E-state index contributed by atoms with van der Waals surface area (Å²) in [6.45, 7) is 2.57. The molecule has 0 atom stereocenters. The van der Waals surface area contributed by atoms with E-state index in [1.165, 1.54) is 126 Å². The second-order valence-corrected chi connectivity index (χ2v) is 20.6. The van der Waals surface area contributed by atoms with Crippen LogP contribution in [-0.4, -0.2) is 20.4 Å². The SMILES string of the molecule is Cc1c2c(cc3c1N(c1ccccc1)c1ccc4c5ccccc5n5c4c1B3[I-]c1ccccc1-5)B1Cc3ccccc3-n3c4ccccc4c4ccc(c1c43)N2c1ccccc1. The number of hydrogen-bond donors (Lipinski definition) is 0. The molecule has 6 heterocycles. The van der Waals surface area contributed by atoms with Gasteiger partial charge in [-0.25, -0.2) is 0 Å². The molecule has 7 heteroatoms. The molecule has 0 aliphatic carbocycles. The van der Waals surface area contributed by atoms with E-state index >= 15 is 0 Å². The first-order valence-electron chi connectivity index (χ1n) is 22.0. The fourth-order valence-electron chi connectivity index (χ4n) is 12.1. The molecule has 0 fully saturated rings. The Morgan fingerprint density at radius 3 is 1.65 bits per heavy atom. The predicted octanol–water partition coefficient (Wildman–Crippen LogP) is 7.84. The minimum atomic E-state index is -0.549. The van der Waals surface area contributed by atoms with Crippen LogP contribution in [0, 0.1) is 10.5 Å². The van der Waals surface area contributed by atoms with E-state index in [2.05, 4.69) is 214 Å². The zero-order valence-corrected chi connectivity index (χ0v) is 36.6. The summed E-state index contributed by atoms with van der Waals surface area (Å²) >= 11 is -0.549. The van der Waals surface area contributed by atoms with Crippen LogP contribution in [0.3, 0.4) is 0 Å². The zero-order chi connectivity index (χ0) is 41.1. The summed E-state index contributed by atoms with van der Waals surface area (Å²) in [5.74, 6) is 0. The Morgan fingerprint density at radius 2 is 0.968 bits per heavy atom. The average molecular weight is 913 g/mol. The molecule has 0 amide bonds. The number of nitrogens with zero attached hydrogens (tertiary/aromatic N) is 4. The molecule has 11 aromatic rings. The molecular weight excluding hydrogens is 877 g/mol. The Morgan fingerprint density at radius 1 is 0.444 bits per heavy atom. The van der Waals surface area contributed by atoms with Crippen molar-refractivity contribution in [3.8, 4) is 11.4 Å². The van der Waals surface area contributed by atoms with Crippen LogP contribution in [0.1, 0.15) is 11.1 Å². The Bertz CT molecular complexity index is 3550. The number of para-hydroxylation sites is 6. The minimum absolute atomic E-state index is 0.138. The molecule has 0 N–H and O–H groups in total. The molecule has 4 aliphatic rings. The second kappa shape index (κ2) is 12.6. The number of aromatic nitrogens is 2. The van der Waals surface area contributed by atoms with E-state index in [0.717, 1.165) is 6.32 Å². The molecule has 63 heavy (non-hydrogen) atoms. The fourth-order valence-corrected chi connectivity index (χ4v) is 15.6. The number of benzene rings is 9. The number of fused-ring (bicyclic) bond motifs is 14.